The lowest BCUT2D eigenvalue weighted by Gasteiger charge is -2.16. The van der Waals surface area contributed by atoms with Crippen LogP contribution < -0.4 is 5.32 Å². The zero-order valence-corrected chi connectivity index (χ0v) is 17.6. The van der Waals surface area contributed by atoms with E-state index in [4.69, 9.17) is 4.74 Å². The Balaban J connectivity index is 1.40. The fraction of sp³-hybridized carbons (Fsp3) is 0.167. The summed E-state index contributed by atoms with van der Waals surface area (Å²) in [5.74, 6) is -1.89. The van der Waals surface area contributed by atoms with Crippen molar-refractivity contribution in [1.82, 2.24) is 5.32 Å². The summed E-state index contributed by atoms with van der Waals surface area (Å²) in [6.45, 7) is 0.142. The van der Waals surface area contributed by atoms with Gasteiger partial charge in [0.25, 0.3) is 0 Å². The molecule has 0 heterocycles. The SMILES string of the molecule is O=C(NC[C@H](C(=O)O)c1ccc(Br)cc1)OCC1c2ccccc2-c2ccccc21. The first-order valence-electron chi connectivity index (χ1n) is 9.61. The highest BCUT2D eigenvalue weighted by Crippen LogP contribution is 2.44. The van der Waals surface area contributed by atoms with Crippen molar-refractivity contribution in [2.45, 2.75) is 11.8 Å². The second-order valence-electron chi connectivity index (χ2n) is 7.15. The van der Waals surface area contributed by atoms with E-state index >= 15 is 0 Å². The predicted octanol–water partition coefficient (Wildman–Crippen LogP) is 5.16. The molecule has 1 aliphatic carbocycles. The molecule has 0 spiro atoms. The van der Waals surface area contributed by atoms with Gasteiger partial charge in [0.2, 0.25) is 0 Å². The molecule has 1 amide bonds. The van der Waals surface area contributed by atoms with E-state index in [1.54, 1.807) is 24.3 Å². The molecule has 5 nitrogen and oxygen atoms in total. The van der Waals surface area contributed by atoms with Crippen molar-refractivity contribution >= 4 is 28.0 Å². The minimum Gasteiger partial charge on any atom is -0.481 e. The van der Waals surface area contributed by atoms with E-state index in [2.05, 4.69) is 45.5 Å². The molecule has 152 valence electrons. The summed E-state index contributed by atoms with van der Waals surface area (Å²) < 4.78 is 6.34. The van der Waals surface area contributed by atoms with E-state index < -0.39 is 18.0 Å². The zero-order valence-electron chi connectivity index (χ0n) is 16.0. The standard InChI is InChI=1S/C24H20BrNO4/c25-16-11-9-15(10-12-16)21(23(27)28)13-26-24(29)30-14-22-19-7-3-1-5-17(19)18-6-2-4-8-20(18)22/h1-12,21-22H,13-14H2,(H,26,29)(H,27,28)/t21-/m0/s1. The first-order chi connectivity index (χ1) is 14.5. The second-order valence-corrected chi connectivity index (χ2v) is 8.06. The van der Waals surface area contributed by atoms with Gasteiger partial charge in [-0.15, -0.1) is 0 Å². The second kappa shape index (κ2) is 8.71. The van der Waals surface area contributed by atoms with Gasteiger partial charge in [0.1, 0.15) is 6.61 Å². The Bertz CT molecular complexity index is 1040. The molecular formula is C24H20BrNO4. The van der Waals surface area contributed by atoms with Crippen LogP contribution >= 0.6 is 15.9 Å². The molecule has 0 saturated heterocycles. The van der Waals surface area contributed by atoms with Gasteiger partial charge in [-0.25, -0.2) is 4.79 Å². The lowest BCUT2D eigenvalue weighted by molar-refractivity contribution is -0.138. The Morgan fingerprint density at radius 2 is 1.50 bits per heavy atom. The van der Waals surface area contributed by atoms with Crippen LogP contribution in [0.3, 0.4) is 0 Å². The molecule has 2 N–H and O–H groups in total. The van der Waals surface area contributed by atoms with Gasteiger partial charge in [-0.1, -0.05) is 76.6 Å². The molecule has 0 fully saturated rings. The number of hydrogen-bond donors (Lipinski definition) is 2. The van der Waals surface area contributed by atoms with E-state index in [1.807, 2.05) is 24.3 Å². The first-order valence-corrected chi connectivity index (χ1v) is 10.4. The summed E-state index contributed by atoms with van der Waals surface area (Å²) in [6, 6.07) is 23.2. The maximum absolute atomic E-state index is 12.3. The summed E-state index contributed by atoms with van der Waals surface area (Å²) in [6.07, 6.45) is -0.625. The maximum atomic E-state index is 12.3. The molecule has 1 aliphatic rings. The monoisotopic (exact) mass is 465 g/mol. The van der Waals surface area contributed by atoms with Crippen LogP contribution in [0.25, 0.3) is 11.1 Å². The highest BCUT2D eigenvalue weighted by molar-refractivity contribution is 9.10. The Kier molecular flexibility index (Phi) is 5.86. The number of carbonyl (C=O) groups is 2. The van der Waals surface area contributed by atoms with Gasteiger partial charge in [-0.2, -0.15) is 0 Å². The number of rotatable bonds is 6. The fourth-order valence-corrected chi connectivity index (χ4v) is 4.14. The number of carbonyl (C=O) groups excluding carboxylic acids is 1. The van der Waals surface area contributed by atoms with E-state index in [-0.39, 0.29) is 19.1 Å². The van der Waals surface area contributed by atoms with Crippen molar-refractivity contribution < 1.29 is 19.4 Å². The number of alkyl carbamates (subject to hydrolysis) is 1. The number of benzene rings is 3. The summed E-state index contributed by atoms with van der Waals surface area (Å²) in [4.78, 5) is 23.9. The molecule has 0 aliphatic heterocycles. The van der Waals surface area contributed by atoms with Gasteiger partial charge >= 0.3 is 12.1 Å². The number of halogens is 1. The number of hydrogen-bond acceptors (Lipinski definition) is 3. The number of fused-ring (bicyclic) bond motifs is 3. The minimum absolute atomic E-state index is 0.0371. The van der Waals surface area contributed by atoms with Crippen LogP contribution in [0.1, 0.15) is 28.5 Å². The van der Waals surface area contributed by atoms with Crippen molar-refractivity contribution in [3.05, 3.63) is 94.0 Å². The number of carboxylic acids is 1. The molecule has 0 aromatic heterocycles. The molecule has 0 unspecified atom stereocenters. The average molecular weight is 466 g/mol. The average Bonchev–Trinajstić information content (AvgIpc) is 3.07. The van der Waals surface area contributed by atoms with Crippen LogP contribution in [0.4, 0.5) is 4.79 Å². The van der Waals surface area contributed by atoms with Crippen LogP contribution in [0, 0.1) is 0 Å². The Hall–Kier alpha value is -3.12. The highest BCUT2D eigenvalue weighted by atomic mass is 79.9. The molecule has 0 bridgehead atoms. The fourth-order valence-electron chi connectivity index (χ4n) is 3.88. The first kappa shape index (κ1) is 20.2. The van der Waals surface area contributed by atoms with Crippen LogP contribution in [-0.2, 0) is 9.53 Å². The molecular weight excluding hydrogens is 446 g/mol. The largest absolute Gasteiger partial charge is 0.481 e. The quantitative estimate of drug-likeness (QED) is 0.527. The van der Waals surface area contributed by atoms with Crippen molar-refractivity contribution in [2.75, 3.05) is 13.2 Å². The molecule has 6 heteroatoms. The molecule has 3 aromatic rings. The predicted molar refractivity (Wildman–Crippen MR) is 118 cm³/mol. The number of aliphatic carboxylic acids is 1. The maximum Gasteiger partial charge on any atom is 0.407 e. The molecule has 30 heavy (non-hydrogen) atoms. The van der Waals surface area contributed by atoms with Crippen LogP contribution in [0.15, 0.2) is 77.3 Å². The van der Waals surface area contributed by atoms with Crippen molar-refractivity contribution in [1.29, 1.82) is 0 Å². The molecule has 0 radical (unpaired) electrons. The number of nitrogens with one attached hydrogen (secondary N) is 1. The minimum atomic E-state index is -1.00. The molecule has 3 aromatic carbocycles. The number of carboxylic acid groups (broad SMARTS) is 1. The van der Waals surface area contributed by atoms with Gasteiger partial charge < -0.3 is 15.2 Å². The topological polar surface area (TPSA) is 75.6 Å². The number of amides is 1. The van der Waals surface area contributed by atoms with Gasteiger partial charge in [0.15, 0.2) is 0 Å². The molecule has 1 atom stereocenters. The highest BCUT2D eigenvalue weighted by Gasteiger charge is 2.29. The van der Waals surface area contributed by atoms with Crippen molar-refractivity contribution in [3.8, 4) is 11.1 Å². The zero-order chi connectivity index (χ0) is 21.1. The van der Waals surface area contributed by atoms with E-state index in [0.29, 0.717) is 5.56 Å². The normalized spacial score (nSPS) is 13.2. The van der Waals surface area contributed by atoms with Gasteiger partial charge in [-0.05, 0) is 39.9 Å². The van der Waals surface area contributed by atoms with E-state index in [1.165, 1.54) is 0 Å². The summed E-state index contributed by atoms with van der Waals surface area (Å²) >= 11 is 3.33. The third kappa shape index (κ3) is 4.09. The third-order valence-electron chi connectivity index (χ3n) is 5.36. The molecule has 0 saturated carbocycles. The Labute approximate surface area is 182 Å². The van der Waals surface area contributed by atoms with Gasteiger partial charge in [0.05, 0.1) is 5.92 Å². The van der Waals surface area contributed by atoms with Crippen molar-refractivity contribution in [3.63, 3.8) is 0 Å². The van der Waals surface area contributed by atoms with Gasteiger partial charge in [0, 0.05) is 16.9 Å². The lowest BCUT2D eigenvalue weighted by Crippen LogP contribution is -2.32. The van der Waals surface area contributed by atoms with Gasteiger partial charge in [-0.3, -0.25) is 4.79 Å². The summed E-state index contributed by atoms with van der Waals surface area (Å²) in [5.41, 5.74) is 5.19. The van der Waals surface area contributed by atoms with Crippen LogP contribution in [-0.4, -0.2) is 30.3 Å². The number of ether oxygens (including phenoxy) is 1. The Morgan fingerprint density at radius 1 is 0.933 bits per heavy atom. The molecule has 4 rings (SSSR count). The Morgan fingerprint density at radius 3 is 2.07 bits per heavy atom. The lowest BCUT2D eigenvalue weighted by atomic mass is 9.98. The van der Waals surface area contributed by atoms with E-state index in [0.717, 1.165) is 26.7 Å². The van der Waals surface area contributed by atoms with Crippen LogP contribution in [0.5, 0.6) is 0 Å². The summed E-state index contributed by atoms with van der Waals surface area (Å²) in [7, 11) is 0. The van der Waals surface area contributed by atoms with Crippen molar-refractivity contribution in [2.24, 2.45) is 0 Å². The smallest absolute Gasteiger partial charge is 0.407 e. The summed E-state index contributed by atoms with van der Waals surface area (Å²) in [5, 5.41) is 12.1. The van der Waals surface area contributed by atoms with E-state index in [9.17, 15) is 14.7 Å². The third-order valence-corrected chi connectivity index (χ3v) is 5.89. The van der Waals surface area contributed by atoms with Crippen LogP contribution in [0.2, 0.25) is 0 Å².